The van der Waals surface area contributed by atoms with E-state index < -0.39 is 0 Å². The standard InChI is InChI=1S/C15H21FN2/c1-12-8-13(2-3-14(12)16)9-18-7-5-15(11-18)4-6-17-10-15/h2-3,8,17H,4-7,9-11H2,1H3. The molecule has 2 heterocycles. The molecule has 0 saturated carbocycles. The number of nitrogens with one attached hydrogen (secondary N) is 1. The Morgan fingerprint density at radius 3 is 3.00 bits per heavy atom. The quantitative estimate of drug-likeness (QED) is 0.864. The highest BCUT2D eigenvalue weighted by molar-refractivity contribution is 5.24. The Balaban J connectivity index is 1.65. The summed E-state index contributed by atoms with van der Waals surface area (Å²) in [5.74, 6) is -0.100. The highest BCUT2D eigenvalue weighted by atomic mass is 19.1. The molecule has 1 N–H and O–H groups in total. The lowest BCUT2D eigenvalue weighted by Crippen LogP contribution is -2.28. The molecule has 2 aliphatic heterocycles. The van der Waals surface area contributed by atoms with Crippen molar-refractivity contribution in [2.45, 2.75) is 26.3 Å². The Kier molecular flexibility index (Phi) is 3.12. The molecule has 0 amide bonds. The first-order valence-electron chi connectivity index (χ1n) is 6.85. The Hall–Kier alpha value is -0.930. The van der Waals surface area contributed by atoms with Gasteiger partial charge in [-0.2, -0.15) is 0 Å². The number of rotatable bonds is 2. The first-order chi connectivity index (χ1) is 8.67. The average Bonchev–Trinajstić information content (AvgIpc) is 2.96. The van der Waals surface area contributed by atoms with Gasteiger partial charge < -0.3 is 5.32 Å². The molecule has 3 rings (SSSR count). The van der Waals surface area contributed by atoms with Crippen molar-refractivity contribution in [2.75, 3.05) is 26.2 Å². The van der Waals surface area contributed by atoms with Gasteiger partial charge in [0.2, 0.25) is 0 Å². The van der Waals surface area contributed by atoms with Gasteiger partial charge in [-0.25, -0.2) is 4.39 Å². The van der Waals surface area contributed by atoms with Crippen LogP contribution < -0.4 is 5.32 Å². The zero-order valence-corrected chi connectivity index (χ0v) is 11.0. The number of hydrogen-bond donors (Lipinski definition) is 1. The van der Waals surface area contributed by atoms with Gasteiger partial charge in [-0.15, -0.1) is 0 Å². The second-order valence-corrected chi connectivity index (χ2v) is 5.97. The van der Waals surface area contributed by atoms with Crippen LogP contribution in [0.25, 0.3) is 0 Å². The second kappa shape index (κ2) is 4.63. The molecule has 18 heavy (non-hydrogen) atoms. The zero-order chi connectivity index (χ0) is 12.6. The lowest BCUT2D eigenvalue weighted by molar-refractivity contribution is 0.268. The molecule has 3 heteroatoms. The van der Waals surface area contributed by atoms with E-state index in [-0.39, 0.29) is 5.82 Å². The molecule has 2 aliphatic rings. The molecule has 1 aromatic rings. The predicted molar refractivity (Wildman–Crippen MR) is 71.0 cm³/mol. The molecule has 0 bridgehead atoms. The largest absolute Gasteiger partial charge is 0.316 e. The third-order valence-electron chi connectivity index (χ3n) is 4.48. The van der Waals surface area contributed by atoms with Crippen LogP contribution in [-0.2, 0) is 6.54 Å². The number of benzene rings is 1. The molecule has 2 fully saturated rings. The predicted octanol–water partition coefficient (Wildman–Crippen LogP) is 2.32. The van der Waals surface area contributed by atoms with E-state index in [2.05, 4.69) is 10.2 Å². The van der Waals surface area contributed by atoms with Crippen LogP contribution in [0.3, 0.4) is 0 Å². The molecule has 1 atom stereocenters. The minimum atomic E-state index is -0.100. The van der Waals surface area contributed by atoms with E-state index in [1.165, 1.54) is 44.6 Å². The molecular weight excluding hydrogens is 227 g/mol. The summed E-state index contributed by atoms with van der Waals surface area (Å²) in [6.45, 7) is 7.51. The Morgan fingerprint density at radius 2 is 2.28 bits per heavy atom. The van der Waals surface area contributed by atoms with E-state index in [0.29, 0.717) is 5.41 Å². The van der Waals surface area contributed by atoms with Crippen LogP contribution in [-0.4, -0.2) is 31.1 Å². The minimum absolute atomic E-state index is 0.100. The van der Waals surface area contributed by atoms with Gasteiger partial charge in [-0.1, -0.05) is 12.1 Å². The molecule has 2 nitrogen and oxygen atoms in total. The van der Waals surface area contributed by atoms with Gasteiger partial charge in [0.05, 0.1) is 0 Å². The number of aryl methyl sites for hydroxylation is 1. The van der Waals surface area contributed by atoms with Crippen LogP contribution in [0.5, 0.6) is 0 Å². The van der Waals surface area contributed by atoms with E-state index in [4.69, 9.17) is 0 Å². The molecule has 2 saturated heterocycles. The fourth-order valence-electron chi connectivity index (χ4n) is 3.37. The maximum Gasteiger partial charge on any atom is 0.126 e. The van der Waals surface area contributed by atoms with Crippen molar-refractivity contribution in [1.82, 2.24) is 10.2 Å². The molecule has 1 unspecified atom stereocenters. The topological polar surface area (TPSA) is 15.3 Å². The summed E-state index contributed by atoms with van der Waals surface area (Å²) >= 11 is 0. The molecule has 1 aromatic carbocycles. The number of likely N-dealkylation sites (tertiary alicyclic amines) is 1. The molecule has 0 aromatic heterocycles. The zero-order valence-electron chi connectivity index (χ0n) is 11.0. The first kappa shape index (κ1) is 12.1. The van der Waals surface area contributed by atoms with Crippen LogP contribution in [0.4, 0.5) is 4.39 Å². The molecular formula is C15H21FN2. The summed E-state index contributed by atoms with van der Waals surface area (Å²) in [4.78, 5) is 2.51. The van der Waals surface area contributed by atoms with Crippen molar-refractivity contribution < 1.29 is 4.39 Å². The van der Waals surface area contributed by atoms with Gasteiger partial charge in [0.1, 0.15) is 5.82 Å². The SMILES string of the molecule is Cc1cc(CN2CCC3(CCNC3)C2)ccc1F. The first-order valence-corrected chi connectivity index (χ1v) is 6.85. The Morgan fingerprint density at radius 1 is 1.39 bits per heavy atom. The van der Waals surface area contributed by atoms with Crippen molar-refractivity contribution >= 4 is 0 Å². The summed E-state index contributed by atoms with van der Waals surface area (Å²) < 4.78 is 13.2. The maximum absolute atomic E-state index is 13.2. The van der Waals surface area contributed by atoms with Gasteiger partial charge in [-0.3, -0.25) is 4.90 Å². The molecule has 1 spiro atoms. The third kappa shape index (κ3) is 2.29. The fourth-order valence-corrected chi connectivity index (χ4v) is 3.37. The van der Waals surface area contributed by atoms with E-state index in [1.807, 2.05) is 19.1 Å². The van der Waals surface area contributed by atoms with Crippen LogP contribution in [0.1, 0.15) is 24.0 Å². The second-order valence-electron chi connectivity index (χ2n) is 5.97. The maximum atomic E-state index is 13.2. The van der Waals surface area contributed by atoms with E-state index in [0.717, 1.165) is 12.1 Å². The van der Waals surface area contributed by atoms with Crippen LogP contribution in [0.15, 0.2) is 18.2 Å². The van der Waals surface area contributed by atoms with Gasteiger partial charge in [0.15, 0.2) is 0 Å². The molecule has 0 aliphatic carbocycles. The van der Waals surface area contributed by atoms with E-state index in [1.54, 1.807) is 6.07 Å². The highest BCUT2D eigenvalue weighted by Crippen LogP contribution is 2.36. The summed E-state index contributed by atoms with van der Waals surface area (Å²) in [6, 6.07) is 5.49. The minimum Gasteiger partial charge on any atom is -0.316 e. The van der Waals surface area contributed by atoms with Crippen LogP contribution in [0.2, 0.25) is 0 Å². The fraction of sp³-hybridized carbons (Fsp3) is 0.600. The summed E-state index contributed by atoms with van der Waals surface area (Å²) in [6.07, 6.45) is 2.62. The van der Waals surface area contributed by atoms with Crippen molar-refractivity contribution in [1.29, 1.82) is 0 Å². The van der Waals surface area contributed by atoms with Crippen molar-refractivity contribution in [3.05, 3.63) is 35.1 Å². The number of hydrogen-bond acceptors (Lipinski definition) is 2. The van der Waals surface area contributed by atoms with Crippen molar-refractivity contribution in [3.63, 3.8) is 0 Å². The van der Waals surface area contributed by atoms with E-state index >= 15 is 0 Å². The van der Waals surface area contributed by atoms with Gasteiger partial charge in [-0.05, 0) is 55.5 Å². The highest BCUT2D eigenvalue weighted by Gasteiger charge is 2.39. The van der Waals surface area contributed by atoms with Gasteiger partial charge in [0.25, 0.3) is 0 Å². The molecule has 0 radical (unpaired) electrons. The lowest BCUT2D eigenvalue weighted by Gasteiger charge is -2.23. The van der Waals surface area contributed by atoms with Gasteiger partial charge in [0, 0.05) is 19.6 Å². The molecule has 98 valence electrons. The monoisotopic (exact) mass is 248 g/mol. The smallest absolute Gasteiger partial charge is 0.126 e. The van der Waals surface area contributed by atoms with Crippen LogP contribution in [0, 0.1) is 18.2 Å². The van der Waals surface area contributed by atoms with Gasteiger partial charge >= 0.3 is 0 Å². The van der Waals surface area contributed by atoms with Crippen molar-refractivity contribution in [3.8, 4) is 0 Å². The Bertz CT molecular complexity index is 438. The van der Waals surface area contributed by atoms with Crippen LogP contribution >= 0.6 is 0 Å². The number of halogens is 1. The average molecular weight is 248 g/mol. The normalized spacial score (nSPS) is 28.3. The summed E-state index contributed by atoms with van der Waals surface area (Å²) in [5, 5.41) is 3.48. The third-order valence-corrected chi connectivity index (χ3v) is 4.48. The number of nitrogens with zero attached hydrogens (tertiary/aromatic N) is 1. The lowest BCUT2D eigenvalue weighted by atomic mass is 9.86. The summed E-state index contributed by atoms with van der Waals surface area (Å²) in [7, 11) is 0. The van der Waals surface area contributed by atoms with E-state index in [9.17, 15) is 4.39 Å². The summed E-state index contributed by atoms with van der Waals surface area (Å²) in [5.41, 5.74) is 2.51. The Labute approximate surface area is 108 Å². The van der Waals surface area contributed by atoms with Crippen molar-refractivity contribution in [2.24, 2.45) is 5.41 Å².